The average Bonchev–Trinajstić information content (AvgIpc) is 3.74. The highest BCUT2D eigenvalue weighted by molar-refractivity contribution is 5.72. The van der Waals surface area contributed by atoms with Crippen LogP contribution in [-0.4, -0.2) is 68.8 Å². The Labute approximate surface area is 233 Å². The smallest absolute Gasteiger partial charge is 0.202 e. The summed E-state index contributed by atoms with van der Waals surface area (Å²) in [6.45, 7) is 9.54. The van der Waals surface area contributed by atoms with Crippen LogP contribution in [0.1, 0.15) is 17.4 Å². The minimum atomic E-state index is 0.0381. The molecule has 0 amide bonds. The summed E-state index contributed by atoms with van der Waals surface area (Å²) in [5.74, 6) is 2.30. The van der Waals surface area contributed by atoms with Gasteiger partial charge in [-0.25, -0.2) is 9.67 Å². The number of aryl methyl sites for hydroxylation is 1. The molecule has 0 saturated carbocycles. The van der Waals surface area contributed by atoms with E-state index < -0.39 is 0 Å². The van der Waals surface area contributed by atoms with E-state index in [1.54, 1.807) is 11.8 Å². The van der Waals surface area contributed by atoms with Crippen LogP contribution in [0.5, 0.6) is 0 Å². The Hall–Kier alpha value is -4.41. The molecule has 2 atom stereocenters. The molecule has 1 fully saturated rings. The molecule has 4 heterocycles. The molecule has 40 heavy (non-hydrogen) atoms. The standard InChI is InChI=1S/C30H34N8O2/c1-20-28(22-16-31-36(3)17-22)35-38(23-10-6-5-7-11-23)29(20)33-21(2)32-26-19-37(14-15-39-4)18-24(26)30-34-25-12-8-9-13-27(25)40-30/h5-13,16-17,24,26,32-33H,2,14-15,18-19H2,1,3-4H3/t24-,26-/m1/s1. The molecule has 5 aromatic rings. The van der Waals surface area contributed by atoms with Gasteiger partial charge in [-0.15, -0.1) is 0 Å². The molecule has 2 N–H and O–H groups in total. The number of fused-ring (bicyclic) bond motifs is 1. The Morgan fingerprint density at radius 1 is 1.12 bits per heavy atom. The van der Waals surface area contributed by atoms with Crippen molar-refractivity contribution in [2.75, 3.05) is 38.7 Å². The number of hydrogen-bond donors (Lipinski definition) is 2. The Morgan fingerprint density at radius 2 is 1.93 bits per heavy atom. The summed E-state index contributed by atoms with van der Waals surface area (Å²) in [6.07, 6.45) is 3.80. The van der Waals surface area contributed by atoms with Gasteiger partial charge in [-0.3, -0.25) is 9.58 Å². The number of anilines is 1. The first-order chi connectivity index (χ1) is 19.5. The molecule has 3 aromatic heterocycles. The number of methoxy groups -OCH3 is 1. The lowest BCUT2D eigenvalue weighted by atomic mass is 10.0. The molecule has 6 rings (SSSR count). The lowest BCUT2D eigenvalue weighted by Crippen LogP contribution is -2.37. The van der Waals surface area contributed by atoms with Crippen molar-refractivity contribution in [2.45, 2.75) is 18.9 Å². The van der Waals surface area contributed by atoms with Crippen molar-refractivity contribution in [3.05, 3.63) is 90.8 Å². The maximum absolute atomic E-state index is 6.20. The molecule has 0 spiro atoms. The fourth-order valence-electron chi connectivity index (χ4n) is 5.35. The number of likely N-dealkylation sites (tertiary alicyclic amines) is 1. The van der Waals surface area contributed by atoms with Gasteiger partial charge in [-0.1, -0.05) is 36.9 Å². The minimum Gasteiger partial charge on any atom is -0.440 e. The molecule has 1 saturated heterocycles. The molecule has 10 nitrogen and oxygen atoms in total. The average molecular weight is 539 g/mol. The van der Waals surface area contributed by atoms with Gasteiger partial charge < -0.3 is 19.8 Å². The topological polar surface area (TPSA) is 98.2 Å². The Bertz CT molecular complexity index is 1590. The number of oxazole rings is 1. The molecule has 0 unspecified atom stereocenters. The van der Waals surface area contributed by atoms with Crippen LogP contribution in [0, 0.1) is 6.92 Å². The SMILES string of the molecule is C=C(Nc1c(C)c(-c2cnn(C)c2)nn1-c1ccccc1)N[C@@H]1CN(CCOC)C[C@H]1c1nc2ccccc2o1. The zero-order valence-electron chi connectivity index (χ0n) is 23.0. The summed E-state index contributed by atoms with van der Waals surface area (Å²) >= 11 is 0. The first-order valence-corrected chi connectivity index (χ1v) is 13.4. The van der Waals surface area contributed by atoms with E-state index in [1.165, 1.54) is 0 Å². The molecule has 1 aliphatic heterocycles. The second kappa shape index (κ2) is 11.0. The van der Waals surface area contributed by atoms with E-state index >= 15 is 0 Å². The zero-order valence-corrected chi connectivity index (χ0v) is 23.0. The quantitative estimate of drug-likeness (QED) is 0.272. The van der Waals surface area contributed by atoms with Crippen molar-refractivity contribution < 1.29 is 9.15 Å². The van der Waals surface area contributed by atoms with Gasteiger partial charge in [0.05, 0.1) is 36.3 Å². The minimum absolute atomic E-state index is 0.0381. The van der Waals surface area contributed by atoms with Crippen LogP contribution in [-0.2, 0) is 11.8 Å². The number of nitrogens with one attached hydrogen (secondary N) is 2. The van der Waals surface area contributed by atoms with Gasteiger partial charge in [0.15, 0.2) is 5.58 Å². The number of nitrogens with zero attached hydrogens (tertiary/aromatic N) is 6. The number of benzene rings is 2. The highest BCUT2D eigenvalue weighted by Gasteiger charge is 2.37. The van der Waals surface area contributed by atoms with Gasteiger partial charge in [0.25, 0.3) is 0 Å². The molecule has 0 bridgehead atoms. The predicted octanol–water partition coefficient (Wildman–Crippen LogP) is 4.31. The van der Waals surface area contributed by atoms with Crippen molar-refractivity contribution in [3.8, 4) is 16.9 Å². The molecular formula is C30H34N8O2. The lowest BCUT2D eigenvalue weighted by molar-refractivity contribution is 0.159. The highest BCUT2D eigenvalue weighted by Crippen LogP contribution is 2.33. The third kappa shape index (κ3) is 5.11. The van der Waals surface area contributed by atoms with Crippen LogP contribution in [0.3, 0.4) is 0 Å². The van der Waals surface area contributed by atoms with Gasteiger partial charge in [-0.05, 0) is 31.2 Å². The van der Waals surface area contributed by atoms with Crippen LogP contribution in [0.25, 0.3) is 28.0 Å². The molecular weight excluding hydrogens is 504 g/mol. The fraction of sp³-hybridized carbons (Fsp3) is 0.300. The molecule has 206 valence electrons. The zero-order chi connectivity index (χ0) is 27.6. The van der Waals surface area contributed by atoms with E-state index in [9.17, 15) is 0 Å². The van der Waals surface area contributed by atoms with Crippen LogP contribution in [0.4, 0.5) is 5.82 Å². The molecule has 1 aliphatic rings. The fourth-order valence-corrected chi connectivity index (χ4v) is 5.35. The van der Waals surface area contributed by atoms with E-state index in [2.05, 4.69) is 34.1 Å². The number of para-hydroxylation sites is 3. The predicted molar refractivity (Wildman–Crippen MR) is 155 cm³/mol. The maximum atomic E-state index is 6.20. The first kappa shape index (κ1) is 25.8. The summed E-state index contributed by atoms with van der Waals surface area (Å²) in [5.41, 5.74) is 5.44. The van der Waals surface area contributed by atoms with Crippen molar-refractivity contribution in [1.82, 2.24) is 34.8 Å². The second-order valence-corrected chi connectivity index (χ2v) is 10.2. The Balaban J connectivity index is 1.28. The monoisotopic (exact) mass is 538 g/mol. The van der Waals surface area contributed by atoms with Crippen LogP contribution in [0.15, 0.2) is 83.8 Å². The van der Waals surface area contributed by atoms with Gasteiger partial charge in [0.2, 0.25) is 5.89 Å². The molecule has 2 aromatic carbocycles. The highest BCUT2D eigenvalue weighted by atomic mass is 16.5. The Morgan fingerprint density at radius 3 is 2.67 bits per heavy atom. The van der Waals surface area contributed by atoms with Crippen LogP contribution >= 0.6 is 0 Å². The van der Waals surface area contributed by atoms with Gasteiger partial charge in [0.1, 0.15) is 17.0 Å². The van der Waals surface area contributed by atoms with Crippen molar-refractivity contribution >= 4 is 16.9 Å². The third-order valence-corrected chi connectivity index (χ3v) is 7.36. The maximum Gasteiger partial charge on any atom is 0.202 e. The first-order valence-electron chi connectivity index (χ1n) is 13.4. The second-order valence-electron chi connectivity index (χ2n) is 10.2. The molecule has 0 aliphatic carbocycles. The largest absolute Gasteiger partial charge is 0.440 e. The van der Waals surface area contributed by atoms with Crippen molar-refractivity contribution in [1.29, 1.82) is 0 Å². The Kier molecular flexibility index (Phi) is 7.10. The van der Waals surface area contributed by atoms with E-state index in [4.69, 9.17) is 19.2 Å². The van der Waals surface area contributed by atoms with Crippen LogP contribution < -0.4 is 10.6 Å². The van der Waals surface area contributed by atoms with E-state index in [0.29, 0.717) is 12.4 Å². The number of hydrogen-bond acceptors (Lipinski definition) is 8. The molecule has 0 radical (unpaired) electrons. The van der Waals surface area contributed by atoms with Gasteiger partial charge in [0, 0.05) is 51.1 Å². The van der Waals surface area contributed by atoms with Crippen molar-refractivity contribution in [2.24, 2.45) is 7.05 Å². The number of aromatic nitrogens is 5. The lowest BCUT2D eigenvalue weighted by Gasteiger charge is -2.22. The number of rotatable bonds is 10. The summed E-state index contributed by atoms with van der Waals surface area (Å²) in [6, 6.07) is 18.0. The van der Waals surface area contributed by atoms with E-state index in [0.717, 1.165) is 65.0 Å². The number of ether oxygens (including phenoxy) is 1. The summed E-state index contributed by atoms with van der Waals surface area (Å²) in [4.78, 5) is 7.19. The molecule has 10 heteroatoms. The third-order valence-electron chi connectivity index (χ3n) is 7.36. The van der Waals surface area contributed by atoms with Gasteiger partial charge >= 0.3 is 0 Å². The van der Waals surface area contributed by atoms with Gasteiger partial charge in [-0.2, -0.15) is 10.2 Å². The summed E-state index contributed by atoms with van der Waals surface area (Å²) in [5, 5.41) is 16.5. The summed E-state index contributed by atoms with van der Waals surface area (Å²) < 4.78 is 15.3. The van der Waals surface area contributed by atoms with Crippen LogP contribution in [0.2, 0.25) is 0 Å². The normalized spacial score (nSPS) is 17.5. The van der Waals surface area contributed by atoms with Crippen molar-refractivity contribution in [3.63, 3.8) is 0 Å². The summed E-state index contributed by atoms with van der Waals surface area (Å²) in [7, 11) is 3.64. The van der Waals surface area contributed by atoms with E-state index in [-0.39, 0.29) is 12.0 Å². The van der Waals surface area contributed by atoms with E-state index in [1.807, 2.05) is 78.7 Å².